The van der Waals surface area contributed by atoms with E-state index in [1.807, 2.05) is 155 Å². The Kier molecular flexibility index (Phi) is 27.7. The molecule has 4 aliphatic heterocycles. The minimum Gasteiger partial charge on any atom is -0.329 e. The van der Waals surface area contributed by atoms with E-state index in [1.165, 1.54) is 68.2 Å². The van der Waals surface area contributed by atoms with Crippen molar-refractivity contribution < 1.29 is 25.3 Å². The number of aromatic nitrogens is 21. The van der Waals surface area contributed by atoms with Crippen molar-refractivity contribution in [1.82, 2.24) is 136 Å². The zero-order chi connectivity index (χ0) is 93.3. The van der Waals surface area contributed by atoms with E-state index in [9.17, 15) is 25.3 Å². The minimum absolute atomic E-state index is 0.294. The molecule has 4 aliphatic rings. The molecule has 0 aromatic carbocycles. The molecule has 16 aromatic heterocycles. The normalized spacial score (nSPS) is 15.1. The maximum absolute atomic E-state index is 13.2. The molecule has 38 nitrogen and oxygen atoms in total. The van der Waals surface area contributed by atoms with Crippen LogP contribution in [0.15, 0.2) is 148 Å². The third kappa shape index (κ3) is 19.9. The van der Waals surface area contributed by atoms with Gasteiger partial charge in [-0.2, -0.15) is 29.1 Å². The summed E-state index contributed by atoms with van der Waals surface area (Å²) in [6.07, 6.45) is 42.2. The Labute approximate surface area is 790 Å². The molecule has 0 saturated carbocycles. The highest BCUT2D eigenvalue weighted by molar-refractivity contribution is 7.92. The standard InChI is InChI=1S/C24H30N8O2S2.2C22H26N8O2S2.C19H21ClN8S/c1-5-31(6-2)36(33,34)24-16(3)10-21(35-24)29-22-23-26-13-20(18-12-27-30(4)14-18)32(23)15-19(28-22)17-8-7-9-25-11-17;1-14-8-19(33-22(14)34(31,32)28(2)3)27-20-21-24-11-18(16-10-25-29(4)12-16)30(21)13-17(26-20)15-6-5-7-23-9-15;1-4-26-34(31,32)22-14(2)8-19(33-22)28-20-21-24-11-18(16-10-25-29(3)12-16)30(21)13-17(27-20)15-6-5-7-23-9-15;1-11-16(20)19(29-26-11)25-17-18-22-8-15(13-7-23-27(2)9-13)28(18)10-14(24-17)12-4-3-5-21-6-12/h8,10,12-15,25H,5-7,9,11H2,1-4H3,(H,28,29);6,8,10-13,23H,5,7,9H2,1-4H3,(H,26,27);6,8,10-13,23,26H,4-5,7,9H2,1-3H3,(H,27,28);7-10,12,21H,3-6H2,1-2H3,(H,24,25). The fourth-order valence-corrected chi connectivity index (χ4v) is 25.6. The number of hydrogen-bond acceptors (Lipinski definition) is 31. The highest BCUT2D eigenvalue weighted by atomic mass is 35.5. The maximum Gasteiger partial charge on any atom is 0.252 e. The molecule has 20 heterocycles. The predicted molar refractivity (Wildman–Crippen MR) is 526 cm³/mol. The van der Waals surface area contributed by atoms with Crippen molar-refractivity contribution in [3.8, 4) is 45.0 Å². The monoisotopic (exact) mass is 1950 g/mol. The lowest BCUT2D eigenvalue weighted by Gasteiger charge is -2.23. The van der Waals surface area contributed by atoms with Gasteiger partial charge in [0.1, 0.15) is 17.6 Å². The van der Waals surface area contributed by atoms with Crippen LogP contribution in [0.3, 0.4) is 0 Å². The molecule has 20 rings (SSSR count). The molecule has 0 bridgehead atoms. The van der Waals surface area contributed by atoms with Crippen LogP contribution in [0.25, 0.3) is 84.3 Å². The number of sulfonamides is 3. The number of aryl methyl sites for hydroxylation is 8. The first-order valence-corrected chi connectivity index (χ1v) is 51.3. The second-order valence-corrected chi connectivity index (χ2v) is 43.3. The van der Waals surface area contributed by atoms with E-state index in [-0.39, 0.29) is 0 Å². The average Bonchev–Trinajstić information content (AvgIpc) is 1.59. The lowest BCUT2D eigenvalue weighted by Crippen LogP contribution is -2.30. The minimum atomic E-state index is -3.56. The fourth-order valence-electron chi connectivity index (χ4n) is 16.0. The summed E-state index contributed by atoms with van der Waals surface area (Å²) in [5.41, 5.74) is 20.0. The van der Waals surface area contributed by atoms with Gasteiger partial charge in [0.25, 0.3) is 20.0 Å². The largest absolute Gasteiger partial charge is 0.329 e. The molecular weight excluding hydrogens is 1850 g/mol. The van der Waals surface area contributed by atoms with E-state index in [1.54, 1.807) is 64.3 Å². The molecule has 133 heavy (non-hydrogen) atoms. The van der Waals surface area contributed by atoms with Crippen LogP contribution in [0.5, 0.6) is 0 Å². The van der Waals surface area contributed by atoms with E-state index in [0.717, 1.165) is 185 Å². The number of thiophene rings is 3. The Hall–Kier alpha value is -11.7. The van der Waals surface area contributed by atoms with Gasteiger partial charge >= 0.3 is 0 Å². The lowest BCUT2D eigenvalue weighted by atomic mass is 9.96. The number of rotatable bonds is 25. The summed E-state index contributed by atoms with van der Waals surface area (Å²) in [6, 6.07) is 5.52. The number of hydrogen-bond donors (Lipinski definition) is 9. The van der Waals surface area contributed by atoms with Crippen LogP contribution in [0.4, 0.5) is 43.3 Å². The number of imidazole rings is 4. The molecule has 16 aromatic rings. The van der Waals surface area contributed by atoms with Gasteiger partial charge in [-0.05, 0) is 149 Å². The smallest absolute Gasteiger partial charge is 0.252 e. The maximum atomic E-state index is 13.2. The predicted octanol–water partition coefficient (Wildman–Crippen LogP) is 13.2. The van der Waals surface area contributed by atoms with Gasteiger partial charge in [-0.25, -0.2) is 74.2 Å². The summed E-state index contributed by atoms with van der Waals surface area (Å²) in [7, 11) is -0.0184. The summed E-state index contributed by atoms with van der Waals surface area (Å²) < 4.78 is 103. The third-order valence-corrected chi connectivity index (χ3v) is 34.9. The van der Waals surface area contributed by atoms with Crippen molar-refractivity contribution >= 4 is 170 Å². The highest BCUT2D eigenvalue weighted by Gasteiger charge is 2.31. The molecule has 696 valence electrons. The Morgan fingerprint density at radius 3 is 1.17 bits per heavy atom. The molecule has 1 fully saturated rings. The van der Waals surface area contributed by atoms with Gasteiger partial charge in [-0.15, -0.1) is 34.0 Å². The number of piperidine rings is 1. The van der Waals surface area contributed by atoms with Crippen LogP contribution in [0.2, 0.25) is 5.02 Å². The number of anilines is 8. The van der Waals surface area contributed by atoms with Gasteiger partial charge < -0.3 is 42.5 Å². The van der Waals surface area contributed by atoms with E-state index < -0.39 is 30.1 Å². The van der Waals surface area contributed by atoms with Crippen molar-refractivity contribution in [2.24, 2.45) is 28.2 Å². The van der Waals surface area contributed by atoms with Crippen molar-refractivity contribution in [3.63, 3.8) is 0 Å². The summed E-state index contributed by atoms with van der Waals surface area (Å²) in [6.45, 7) is 21.0. The van der Waals surface area contributed by atoms with E-state index in [0.29, 0.717) is 115 Å². The van der Waals surface area contributed by atoms with Crippen LogP contribution < -0.4 is 47.3 Å². The van der Waals surface area contributed by atoms with Crippen LogP contribution in [-0.4, -0.2) is 221 Å². The van der Waals surface area contributed by atoms with Crippen molar-refractivity contribution in [2.75, 3.05) is 107 Å². The van der Waals surface area contributed by atoms with Gasteiger partial charge in [0.2, 0.25) is 10.0 Å². The molecule has 46 heteroatoms. The number of nitrogens with one attached hydrogen (secondary N) is 9. The molecule has 9 N–H and O–H groups in total. The topological polar surface area (TPSA) is 422 Å². The first-order chi connectivity index (χ1) is 64.0. The molecule has 1 atom stereocenters. The van der Waals surface area contributed by atoms with Crippen molar-refractivity contribution in [2.45, 2.75) is 99.1 Å². The fraction of sp³-hybridized carbons (Fsp3) is 0.345. The first kappa shape index (κ1) is 93.2. The van der Waals surface area contributed by atoms with E-state index >= 15 is 0 Å². The first-order valence-electron chi connectivity index (χ1n) is 43.3. The Balaban J connectivity index is 0.000000124. The average molecular weight is 1950 g/mol. The lowest BCUT2D eigenvalue weighted by molar-refractivity contribution is 0.446. The third-order valence-electron chi connectivity index (χ3n) is 22.7. The van der Waals surface area contributed by atoms with Crippen molar-refractivity contribution in [3.05, 3.63) is 186 Å². The van der Waals surface area contributed by atoms with E-state index in [2.05, 4.69) is 121 Å². The molecule has 0 spiro atoms. The SMILES string of the molecule is CCN(CC)S(=O)(=O)c1sc(Nc2nc(C3=CCCNC3)cn3c(-c4cnn(C)c4)cnc23)cc1C.CCNS(=O)(=O)c1sc(Nc2nc(C3=CCCNC3)cn3c(-c4cnn(C)c4)cnc23)cc1C.Cc1cc(Nc2nc(C3=CCCNC3)cn3c(-c4cnn(C)c4)cnc23)sc1S(=O)(=O)N(C)C.Cc1nsc(Nc2nc(C3CCCNC3)cn3c(-c4cnn(C)c4)cnc23)c1Cl. The van der Waals surface area contributed by atoms with Gasteiger partial charge in [0.05, 0.1) is 121 Å². The quantitative estimate of drug-likeness (QED) is 0.0257. The van der Waals surface area contributed by atoms with Crippen LogP contribution >= 0.6 is 57.1 Å². The highest BCUT2D eigenvalue weighted by Crippen LogP contribution is 2.42. The summed E-state index contributed by atoms with van der Waals surface area (Å²) in [5, 5.41) is 47.8. The molecule has 1 saturated heterocycles. The van der Waals surface area contributed by atoms with E-state index in [4.69, 9.17) is 31.5 Å². The summed E-state index contributed by atoms with van der Waals surface area (Å²) in [5.74, 6) is 2.74. The van der Waals surface area contributed by atoms with Gasteiger partial charge in [0.15, 0.2) is 45.9 Å². The number of fused-ring (bicyclic) bond motifs is 4. The van der Waals surface area contributed by atoms with Gasteiger partial charge in [-0.1, -0.05) is 50.6 Å². The molecule has 0 amide bonds. The molecule has 1 unspecified atom stereocenters. The molecular formula is C87H103ClN32O6S7. The summed E-state index contributed by atoms with van der Waals surface area (Å²) >= 11 is 11.3. The Morgan fingerprint density at radius 1 is 0.466 bits per heavy atom. The number of halogens is 1. The Morgan fingerprint density at radius 2 is 0.842 bits per heavy atom. The van der Waals surface area contributed by atoms with Gasteiger partial charge in [0, 0.05) is 166 Å². The van der Waals surface area contributed by atoms with Crippen LogP contribution in [0.1, 0.15) is 104 Å². The zero-order valence-electron chi connectivity index (χ0n) is 75.6. The van der Waals surface area contributed by atoms with Crippen LogP contribution in [-0.2, 0) is 58.3 Å². The number of nitrogens with zero attached hydrogens (tertiary/aromatic N) is 23. The van der Waals surface area contributed by atoms with Gasteiger partial charge in [-0.3, -0.25) is 36.3 Å². The molecule has 0 radical (unpaired) electrons. The Bertz CT molecular complexity index is 7460. The second-order valence-electron chi connectivity index (χ2n) is 32.6. The zero-order valence-corrected chi connectivity index (χ0v) is 82.0. The van der Waals surface area contributed by atoms with Crippen molar-refractivity contribution in [1.29, 1.82) is 0 Å². The van der Waals surface area contributed by atoms with Crippen LogP contribution in [0, 0.1) is 27.7 Å². The molecule has 0 aliphatic carbocycles. The second kappa shape index (κ2) is 39.5. The summed E-state index contributed by atoms with van der Waals surface area (Å²) in [4.78, 5) is 38.2.